The lowest BCUT2D eigenvalue weighted by molar-refractivity contribution is -0.136. The van der Waals surface area contributed by atoms with Crippen LogP contribution >= 0.6 is 0 Å². The summed E-state index contributed by atoms with van der Waals surface area (Å²) in [5, 5.41) is 5.10. The second-order valence-electron chi connectivity index (χ2n) is 5.13. The Morgan fingerprint density at radius 3 is 2.42 bits per heavy atom. The van der Waals surface area contributed by atoms with Crippen LogP contribution in [0.1, 0.15) is 25.5 Å². The summed E-state index contributed by atoms with van der Waals surface area (Å²) >= 11 is 0. The van der Waals surface area contributed by atoms with E-state index >= 15 is 0 Å². The van der Waals surface area contributed by atoms with Crippen LogP contribution in [0.2, 0.25) is 0 Å². The molecule has 0 radical (unpaired) electrons. The molecule has 2 aromatic rings. The van der Waals surface area contributed by atoms with Gasteiger partial charge in [-0.15, -0.1) is 0 Å². The summed E-state index contributed by atoms with van der Waals surface area (Å²) in [6, 6.07) is 12.2. The van der Waals surface area contributed by atoms with Crippen molar-refractivity contribution in [3.63, 3.8) is 0 Å². The van der Waals surface area contributed by atoms with Crippen LogP contribution in [0.15, 0.2) is 48.5 Å². The van der Waals surface area contributed by atoms with Gasteiger partial charge in [0.15, 0.2) is 0 Å². The number of ether oxygens (including phenoxy) is 1. The van der Waals surface area contributed by atoms with E-state index in [4.69, 9.17) is 4.74 Å². The maximum Gasteiger partial charge on any atom is 0.313 e. The molecule has 0 aliphatic carbocycles. The number of para-hydroxylation sites is 2. The summed E-state index contributed by atoms with van der Waals surface area (Å²) in [7, 11) is 0. The van der Waals surface area contributed by atoms with E-state index in [-0.39, 0.29) is 5.82 Å². The van der Waals surface area contributed by atoms with Gasteiger partial charge in [0.2, 0.25) is 0 Å². The van der Waals surface area contributed by atoms with Crippen molar-refractivity contribution in [1.82, 2.24) is 5.32 Å². The summed E-state index contributed by atoms with van der Waals surface area (Å²) < 4.78 is 18.3. The van der Waals surface area contributed by atoms with E-state index < -0.39 is 17.9 Å². The maximum atomic E-state index is 12.9. The van der Waals surface area contributed by atoms with Gasteiger partial charge in [-0.25, -0.2) is 4.39 Å². The van der Waals surface area contributed by atoms with Gasteiger partial charge in [0, 0.05) is 0 Å². The number of benzene rings is 2. The second kappa shape index (κ2) is 8.10. The molecule has 24 heavy (non-hydrogen) atoms. The van der Waals surface area contributed by atoms with Crippen molar-refractivity contribution in [2.24, 2.45) is 0 Å². The van der Waals surface area contributed by atoms with E-state index in [9.17, 15) is 14.0 Å². The van der Waals surface area contributed by atoms with Gasteiger partial charge in [0.1, 0.15) is 11.6 Å². The standard InChI is InChI=1S/C18H19FN2O3/c1-3-24-16-7-5-4-6-15(16)21-18(23)17(22)20-12(2)13-8-10-14(19)11-9-13/h4-12H,3H2,1-2H3,(H,20,22)(H,21,23). The molecule has 0 fully saturated rings. The Bertz CT molecular complexity index is 716. The van der Waals surface area contributed by atoms with E-state index in [0.717, 1.165) is 0 Å². The van der Waals surface area contributed by atoms with Crippen molar-refractivity contribution in [3.05, 3.63) is 59.9 Å². The molecule has 0 spiro atoms. The maximum absolute atomic E-state index is 12.9. The van der Waals surface area contributed by atoms with Gasteiger partial charge in [-0.2, -0.15) is 0 Å². The fourth-order valence-electron chi connectivity index (χ4n) is 2.13. The van der Waals surface area contributed by atoms with Crippen LogP contribution in [0, 0.1) is 5.82 Å². The van der Waals surface area contributed by atoms with E-state index in [1.54, 1.807) is 43.3 Å². The summed E-state index contributed by atoms with van der Waals surface area (Å²) in [5.41, 5.74) is 1.13. The Kier molecular flexibility index (Phi) is 5.89. The lowest BCUT2D eigenvalue weighted by Gasteiger charge is -2.15. The largest absolute Gasteiger partial charge is 0.492 e. The molecule has 1 unspecified atom stereocenters. The minimum atomic E-state index is -0.795. The van der Waals surface area contributed by atoms with Crippen molar-refractivity contribution in [2.45, 2.75) is 19.9 Å². The first-order chi connectivity index (χ1) is 11.5. The van der Waals surface area contributed by atoms with E-state index in [1.165, 1.54) is 12.1 Å². The molecular weight excluding hydrogens is 311 g/mol. The Hall–Kier alpha value is -2.89. The van der Waals surface area contributed by atoms with Crippen LogP contribution in [-0.4, -0.2) is 18.4 Å². The van der Waals surface area contributed by atoms with Crippen LogP contribution in [0.3, 0.4) is 0 Å². The van der Waals surface area contributed by atoms with Gasteiger partial charge >= 0.3 is 11.8 Å². The highest BCUT2D eigenvalue weighted by Crippen LogP contribution is 2.23. The molecular formula is C18H19FN2O3. The minimum Gasteiger partial charge on any atom is -0.492 e. The molecule has 126 valence electrons. The highest BCUT2D eigenvalue weighted by atomic mass is 19.1. The van der Waals surface area contributed by atoms with Crippen molar-refractivity contribution in [2.75, 3.05) is 11.9 Å². The fraction of sp³-hybridized carbons (Fsp3) is 0.222. The normalized spacial score (nSPS) is 11.5. The minimum absolute atomic E-state index is 0.359. The first kappa shape index (κ1) is 17.5. The van der Waals surface area contributed by atoms with Crippen molar-refractivity contribution in [1.29, 1.82) is 0 Å². The Morgan fingerprint density at radius 2 is 1.75 bits per heavy atom. The summed E-state index contributed by atoms with van der Waals surface area (Å²) in [6.45, 7) is 3.99. The van der Waals surface area contributed by atoms with E-state index in [0.29, 0.717) is 23.6 Å². The molecule has 2 rings (SSSR count). The summed E-state index contributed by atoms with van der Waals surface area (Å²) in [4.78, 5) is 24.1. The molecule has 0 aromatic heterocycles. The van der Waals surface area contributed by atoms with Gasteiger partial charge in [0.25, 0.3) is 0 Å². The van der Waals surface area contributed by atoms with Crippen LogP contribution in [-0.2, 0) is 9.59 Å². The average Bonchev–Trinajstić information content (AvgIpc) is 2.57. The summed E-state index contributed by atoms with van der Waals surface area (Å²) in [5.74, 6) is -1.44. The van der Waals surface area contributed by atoms with Crippen molar-refractivity contribution < 1.29 is 18.7 Å². The van der Waals surface area contributed by atoms with Gasteiger partial charge in [0.05, 0.1) is 18.3 Å². The number of anilines is 1. The zero-order valence-corrected chi connectivity index (χ0v) is 13.5. The molecule has 0 bridgehead atoms. The van der Waals surface area contributed by atoms with Gasteiger partial charge in [-0.1, -0.05) is 24.3 Å². The van der Waals surface area contributed by atoms with E-state index in [2.05, 4.69) is 10.6 Å². The molecule has 0 heterocycles. The van der Waals surface area contributed by atoms with Crippen molar-refractivity contribution in [3.8, 4) is 5.75 Å². The Balaban J connectivity index is 1.99. The molecule has 2 N–H and O–H groups in total. The summed E-state index contributed by atoms with van der Waals surface area (Å²) in [6.07, 6.45) is 0. The third-order valence-corrected chi connectivity index (χ3v) is 3.36. The number of hydrogen-bond acceptors (Lipinski definition) is 3. The highest BCUT2D eigenvalue weighted by Gasteiger charge is 2.18. The Morgan fingerprint density at radius 1 is 1.08 bits per heavy atom. The molecule has 0 saturated heterocycles. The van der Waals surface area contributed by atoms with Crippen LogP contribution in [0.4, 0.5) is 10.1 Å². The number of rotatable bonds is 5. The zero-order valence-electron chi connectivity index (χ0n) is 13.5. The number of carbonyl (C=O) groups excluding carboxylic acids is 2. The predicted octanol–water partition coefficient (Wildman–Crippen LogP) is 3.04. The number of carbonyl (C=O) groups is 2. The molecule has 0 aliphatic heterocycles. The molecule has 1 atom stereocenters. The number of hydrogen-bond donors (Lipinski definition) is 2. The number of amides is 2. The lowest BCUT2D eigenvalue weighted by atomic mass is 10.1. The fourth-order valence-corrected chi connectivity index (χ4v) is 2.13. The van der Waals surface area contributed by atoms with E-state index in [1.807, 2.05) is 6.92 Å². The molecule has 0 aliphatic rings. The second-order valence-corrected chi connectivity index (χ2v) is 5.13. The average molecular weight is 330 g/mol. The molecule has 6 heteroatoms. The van der Waals surface area contributed by atoms with Crippen LogP contribution in [0.25, 0.3) is 0 Å². The number of halogens is 1. The molecule has 2 aromatic carbocycles. The molecule has 2 amide bonds. The SMILES string of the molecule is CCOc1ccccc1NC(=O)C(=O)NC(C)c1ccc(F)cc1. The first-order valence-electron chi connectivity index (χ1n) is 7.60. The van der Waals surface area contributed by atoms with Crippen LogP contribution in [0.5, 0.6) is 5.75 Å². The topological polar surface area (TPSA) is 67.4 Å². The van der Waals surface area contributed by atoms with Gasteiger partial charge in [-0.05, 0) is 43.7 Å². The third kappa shape index (κ3) is 4.55. The third-order valence-electron chi connectivity index (χ3n) is 3.36. The van der Waals surface area contributed by atoms with Crippen LogP contribution < -0.4 is 15.4 Å². The quantitative estimate of drug-likeness (QED) is 0.828. The lowest BCUT2D eigenvalue weighted by Crippen LogP contribution is -2.37. The number of nitrogens with one attached hydrogen (secondary N) is 2. The molecule has 0 saturated carbocycles. The monoisotopic (exact) mass is 330 g/mol. The smallest absolute Gasteiger partial charge is 0.313 e. The Labute approximate surface area is 139 Å². The predicted molar refractivity (Wildman–Crippen MR) is 89.2 cm³/mol. The molecule has 5 nitrogen and oxygen atoms in total. The van der Waals surface area contributed by atoms with Crippen molar-refractivity contribution >= 4 is 17.5 Å². The van der Waals surface area contributed by atoms with Gasteiger partial charge < -0.3 is 15.4 Å². The zero-order chi connectivity index (χ0) is 17.5. The highest BCUT2D eigenvalue weighted by molar-refractivity contribution is 6.39. The van der Waals surface area contributed by atoms with Gasteiger partial charge in [-0.3, -0.25) is 9.59 Å². The first-order valence-corrected chi connectivity index (χ1v) is 7.60.